The van der Waals surface area contributed by atoms with Gasteiger partial charge in [-0.2, -0.15) is 13.2 Å². The van der Waals surface area contributed by atoms with Gasteiger partial charge in [0.15, 0.2) is 0 Å². The van der Waals surface area contributed by atoms with Crippen molar-refractivity contribution in [3.63, 3.8) is 0 Å². The molecule has 1 aromatic heterocycles. The molecule has 0 radical (unpaired) electrons. The van der Waals surface area contributed by atoms with Gasteiger partial charge < -0.3 is 10.6 Å². The lowest BCUT2D eigenvalue weighted by Gasteiger charge is -2.26. The number of halogens is 3. The Balaban J connectivity index is 1.68. The van der Waals surface area contributed by atoms with E-state index in [1.54, 1.807) is 0 Å². The van der Waals surface area contributed by atoms with Gasteiger partial charge in [-0.15, -0.1) is 10.2 Å². The van der Waals surface area contributed by atoms with Gasteiger partial charge in [0.1, 0.15) is 0 Å². The fourth-order valence-electron chi connectivity index (χ4n) is 2.37. The van der Waals surface area contributed by atoms with Crippen molar-refractivity contribution in [2.75, 3.05) is 18.4 Å². The smallest absolute Gasteiger partial charge is 0.358 e. The fraction of sp³-hybridized carbons (Fsp3) is 0.385. The van der Waals surface area contributed by atoms with E-state index in [1.165, 1.54) is 11.1 Å². The van der Waals surface area contributed by atoms with Gasteiger partial charge in [0.05, 0.1) is 0 Å². The van der Waals surface area contributed by atoms with Crippen molar-refractivity contribution in [3.8, 4) is 0 Å². The highest BCUT2D eigenvalue weighted by molar-refractivity contribution is 7.15. The zero-order chi connectivity index (χ0) is 14.9. The van der Waals surface area contributed by atoms with Gasteiger partial charge in [0, 0.05) is 12.6 Å². The molecule has 1 aromatic carbocycles. The quantitative estimate of drug-likeness (QED) is 0.915. The zero-order valence-electron chi connectivity index (χ0n) is 10.9. The molecule has 0 bridgehead atoms. The summed E-state index contributed by atoms with van der Waals surface area (Å²) in [6, 6.07) is 8.14. The number of anilines is 1. The van der Waals surface area contributed by atoms with Crippen LogP contribution in [0.1, 0.15) is 22.2 Å². The third-order valence-electron chi connectivity index (χ3n) is 3.34. The number of alkyl halides is 3. The van der Waals surface area contributed by atoms with Gasteiger partial charge in [-0.25, -0.2) is 0 Å². The summed E-state index contributed by atoms with van der Waals surface area (Å²) in [5.74, 6) is 0. The van der Waals surface area contributed by atoms with Crippen LogP contribution in [0.4, 0.5) is 18.3 Å². The van der Waals surface area contributed by atoms with Crippen LogP contribution in [0.15, 0.2) is 24.3 Å². The maximum atomic E-state index is 12.5. The molecule has 4 nitrogen and oxygen atoms in total. The van der Waals surface area contributed by atoms with Crippen molar-refractivity contribution < 1.29 is 13.2 Å². The highest BCUT2D eigenvalue weighted by Gasteiger charge is 2.35. The van der Waals surface area contributed by atoms with Crippen molar-refractivity contribution in [1.82, 2.24) is 15.5 Å². The van der Waals surface area contributed by atoms with Gasteiger partial charge in [0.2, 0.25) is 10.1 Å². The SMILES string of the molecule is FC(F)(F)c1nnc(NCC2NCCc3ccccc32)s1. The number of nitrogens with one attached hydrogen (secondary N) is 2. The summed E-state index contributed by atoms with van der Waals surface area (Å²) in [7, 11) is 0. The van der Waals surface area contributed by atoms with E-state index < -0.39 is 11.2 Å². The minimum absolute atomic E-state index is 0.0631. The molecule has 2 heterocycles. The molecule has 0 saturated carbocycles. The van der Waals surface area contributed by atoms with Crippen LogP contribution in [0.3, 0.4) is 0 Å². The van der Waals surface area contributed by atoms with Crippen LogP contribution in [0.5, 0.6) is 0 Å². The lowest BCUT2D eigenvalue weighted by atomic mass is 9.94. The highest BCUT2D eigenvalue weighted by Crippen LogP contribution is 2.33. The molecule has 0 spiro atoms. The first-order chi connectivity index (χ1) is 10.0. The average molecular weight is 314 g/mol. The second kappa shape index (κ2) is 5.61. The topological polar surface area (TPSA) is 49.8 Å². The average Bonchev–Trinajstić information content (AvgIpc) is 2.94. The first-order valence-electron chi connectivity index (χ1n) is 6.50. The van der Waals surface area contributed by atoms with Crippen LogP contribution in [-0.4, -0.2) is 23.3 Å². The molecule has 1 aliphatic rings. The van der Waals surface area contributed by atoms with Crippen LogP contribution in [0.25, 0.3) is 0 Å². The Morgan fingerprint density at radius 1 is 1.29 bits per heavy atom. The Hall–Kier alpha value is -1.67. The first-order valence-corrected chi connectivity index (χ1v) is 7.31. The first kappa shape index (κ1) is 14.3. The molecule has 3 rings (SSSR count). The van der Waals surface area contributed by atoms with Crippen LogP contribution < -0.4 is 10.6 Å². The van der Waals surface area contributed by atoms with E-state index in [4.69, 9.17) is 0 Å². The van der Waals surface area contributed by atoms with Crippen LogP contribution in [0, 0.1) is 0 Å². The Labute approximate surface area is 123 Å². The summed E-state index contributed by atoms with van der Waals surface area (Å²) in [6.07, 6.45) is -3.48. The number of hydrogen-bond donors (Lipinski definition) is 2. The maximum absolute atomic E-state index is 12.5. The Kier molecular flexibility index (Phi) is 3.81. The largest absolute Gasteiger partial charge is 0.445 e. The molecule has 1 unspecified atom stereocenters. The van der Waals surface area contributed by atoms with Gasteiger partial charge >= 0.3 is 6.18 Å². The zero-order valence-corrected chi connectivity index (χ0v) is 11.8. The molecule has 0 saturated heterocycles. The predicted octanol–water partition coefficient (Wildman–Crippen LogP) is 2.86. The third-order valence-corrected chi connectivity index (χ3v) is 4.27. The summed E-state index contributed by atoms with van der Waals surface area (Å²) in [5, 5.41) is 12.2. The van der Waals surface area contributed by atoms with Gasteiger partial charge in [-0.1, -0.05) is 35.6 Å². The van der Waals surface area contributed by atoms with Crippen LogP contribution in [-0.2, 0) is 12.6 Å². The summed E-state index contributed by atoms with van der Waals surface area (Å²) in [4.78, 5) is 0. The molecule has 0 amide bonds. The number of aromatic nitrogens is 2. The van der Waals surface area contributed by atoms with E-state index in [9.17, 15) is 13.2 Å². The summed E-state index contributed by atoms with van der Waals surface area (Å²) < 4.78 is 37.4. The molecule has 21 heavy (non-hydrogen) atoms. The molecular weight excluding hydrogens is 301 g/mol. The molecule has 1 atom stereocenters. The molecule has 1 aliphatic heterocycles. The molecule has 112 valence electrons. The minimum Gasteiger partial charge on any atom is -0.358 e. The normalized spacial score (nSPS) is 18.3. The van der Waals surface area contributed by atoms with Crippen molar-refractivity contribution in [2.45, 2.75) is 18.6 Å². The standard InChI is InChI=1S/C13H13F3N4S/c14-13(15,16)11-19-20-12(21-11)18-7-10-9-4-2-1-3-8(9)5-6-17-10/h1-4,10,17H,5-7H2,(H,18,20). The molecule has 0 aliphatic carbocycles. The summed E-state index contributed by atoms with van der Waals surface area (Å²) in [6.45, 7) is 1.33. The van der Waals surface area contributed by atoms with Crippen molar-refractivity contribution in [2.24, 2.45) is 0 Å². The monoisotopic (exact) mass is 314 g/mol. The second-order valence-electron chi connectivity index (χ2n) is 4.75. The molecular formula is C13H13F3N4S. The van der Waals surface area contributed by atoms with Gasteiger partial charge in [-0.05, 0) is 24.1 Å². The predicted molar refractivity (Wildman–Crippen MR) is 74.3 cm³/mol. The lowest BCUT2D eigenvalue weighted by molar-refractivity contribution is -0.138. The highest BCUT2D eigenvalue weighted by atomic mass is 32.1. The Morgan fingerprint density at radius 2 is 2.10 bits per heavy atom. The van der Waals surface area contributed by atoms with Gasteiger partial charge in [-0.3, -0.25) is 0 Å². The lowest BCUT2D eigenvalue weighted by Crippen LogP contribution is -2.34. The van der Waals surface area contributed by atoms with Gasteiger partial charge in [0.25, 0.3) is 0 Å². The van der Waals surface area contributed by atoms with E-state index >= 15 is 0 Å². The van der Waals surface area contributed by atoms with E-state index in [1.807, 2.05) is 18.2 Å². The van der Waals surface area contributed by atoms with Crippen LogP contribution >= 0.6 is 11.3 Å². The molecule has 2 aromatic rings. The number of nitrogens with zero attached hydrogens (tertiary/aromatic N) is 2. The third kappa shape index (κ3) is 3.16. The Morgan fingerprint density at radius 3 is 2.86 bits per heavy atom. The molecule has 2 N–H and O–H groups in total. The minimum atomic E-state index is -4.44. The van der Waals surface area contributed by atoms with E-state index in [-0.39, 0.29) is 11.2 Å². The number of hydrogen-bond acceptors (Lipinski definition) is 5. The maximum Gasteiger partial charge on any atom is 0.445 e. The number of benzene rings is 1. The van der Waals surface area contributed by atoms with E-state index in [0.717, 1.165) is 13.0 Å². The number of rotatable bonds is 3. The van der Waals surface area contributed by atoms with E-state index in [0.29, 0.717) is 17.9 Å². The van der Waals surface area contributed by atoms with Crippen LogP contribution in [0.2, 0.25) is 0 Å². The van der Waals surface area contributed by atoms with Crippen molar-refractivity contribution in [1.29, 1.82) is 0 Å². The van der Waals surface area contributed by atoms with Crippen molar-refractivity contribution in [3.05, 3.63) is 40.4 Å². The summed E-state index contributed by atoms with van der Waals surface area (Å²) in [5.41, 5.74) is 2.45. The molecule has 8 heteroatoms. The summed E-state index contributed by atoms with van der Waals surface area (Å²) >= 11 is 0.524. The van der Waals surface area contributed by atoms with E-state index in [2.05, 4.69) is 26.9 Å². The van der Waals surface area contributed by atoms with Crippen molar-refractivity contribution >= 4 is 16.5 Å². The molecule has 0 fully saturated rings. The number of fused-ring (bicyclic) bond motifs is 1. The fourth-order valence-corrected chi connectivity index (χ4v) is 2.99. The second-order valence-corrected chi connectivity index (χ2v) is 5.72. The Bertz CT molecular complexity index is 626.